The molecule has 0 spiro atoms. The molecule has 1 saturated carbocycles. The number of thioether (sulfide) groups is 1. The lowest BCUT2D eigenvalue weighted by atomic mass is 9.87. The summed E-state index contributed by atoms with van der Waals surface area (Å²) in [4.78, 5) is 24.8. The SMILES string of the molecule is O=C(Nc1ccc(F)c(F)c1)NC1CSC(C2CCCCC2)=C1C(=O)O. The molecule has 0 radical (unpaired) electrons. The standard InChI is InChI=1S/C18H20F2N2O3S/c19-12-7-6-11(8-13(12)20)21-18(25)22-14-9-26-16(15(14)17(23)24)10-4-2-1-3-5-10/h6-8,10,14H,1-5,9H2,(H,23,24)(H2,21,22,25). The average molecular weight is 382 g/mol. The molecule has 140 valence electrons. The van der Waals surface area contributed by atoms with Crippen LogP contribution in [0.5, 0.6) is 0 Å². The third kappa shape index (κ3) is 4.17. The highest BCUT2D eigenvalue weighted by molar-refractivity contribution is 8.03. The number of rotatable bonds is 4. The smallest absolute Gasteiger partial charge is 0.334 e. The van der Waals surface area contributed by atoms with Crippen molar-refractivity contribution < 1.29 is 23.5 Å². The second-order valence-electron chi connectivity index (χ2n) is 6.51. The topological polar surface area (TPSA) is 78.4 Å². The number of urea groups is 1. The maximum absolute atomic E-state index is 13.2. The number of nitrogens with one attached hydrogen (secondary N) is 2. The summed E-state index contributed by atoms with van der Waals surface area (Å²) in [5.74, 6) is -2.38. The summed E-state index contributed by atoms with van der Waals surface area (Å²) in [6, 6.07) is 1.77. The zero-order chi connectivity index (χ0) is 18.7. The molecule has 1 aliphatic heterocycles. The molecule has 1 atom stereocenters. The summed E-state index contributed by atoms with van der Waals surface area (Å²) in [6.07, 6.45) is 5.32. The van der Waals surface area contributed by atoms with Gasteiger partial charge < -0.3 is 15.7 Å². The third-order valence-corrected chi connectivity index (χ3v) is 6.07. The molecule has 26 heavy (non-hydrogen) atoms. The minimum Gasteiger partial charge on any atom is -0.478 e. The highest BCUT2D eigenvalue weighted by atomic mass is 32.2. The first kappa shape index (κ1) is 18.7. The molecule has 5 nitrogen and oxygen atoms in total. The first-order valence-electron chi connectivity index (χ1n) is 8.58. The Labute approximate surface area is 154 Å². The zero-order valence-corrected chi connectivity index (χ0v) is 14.9. The minimum atomic E-state index is -1.06. The van der Waals surface area contributed by atoms with Crippen LogP contribution in [0.25, 0.3) is 0 Å². The number of carboxylic acid groups (broad SMARTS) is 1. The van der Waals surface area contributed by atoms with Crippen molar-refractivity contribution in [3.63, 3.8) is 0 Å². The van der Waals surface area contributed by atoms with Crippen molar-refractivity contribution in [2.45, 2.75) is 38.1 Å². The third-order valence-electron chi connectivity index (χ3n) is 4.71. The van der Waals surface area contributed by atoms with Crippen LogP contribution in [0.15, 0.2) is 28.7 Å². The van der Waals surface area contributed by atoms with Gasteiger partial charge in [0.1, 0.15) is 0 Å². The van der Waals surface area contributed by atoms with Gasteiger partial charge in [-0.1, -0.05) is 19.3 Å². The number of hydrogen-bond donors (Lipinski definition) is 3. The van der Waals surface area contributed by atoms with Crippen molar-refractivity contribution in [3.05, 3.63) is 40.3 Å². The van der Waals surface area contributed by atoms with Crippen LogP contribution in [0, 0.1) is 17.6 Å². The number of anilines is 1. The molecular formula is C18H20F2N2O3S. The molecule has 3 rings (SSSR count). The lowest BCUT2D eigenvalue weighted by Gasteiger charge is -2.23. The molecule has 2 amide bonds. The van der Waals surface area contributed by atoms with Gasteiger partial charge in [0, 0.05) is 22.4 Å². The summed E-state index contributed by atoms with van der Waals surface area (Å²) in [6.45, 7) is 0. The summed E-state index contributed by atoms with van der Waals surface area (Å²) in [5, 5.41) is 14.7. The number of allylic oxidation sites excluding steroid dienone is 1. The van der Waals surface area contributed by atoms with Crippen LogP contribution in [0.2, 0.25) is 0 Å². The van der Waals surface area contributed by atoms with Crippen LogP contribution in [0.1, 0.15) is 32.1 Å². The van der Waals surface area contributed by atoms with E-state index in [9.17, 15) is 23.5 Å². The quantitative estimate of drug-likeness (QED) is 0.732. The molecule has 8 heteroatoms. The molecular weight excluding hydrogens is 362 g/mol. The van der Waals surface area contributed by atoms with Gasteiger partial charge in [0.2, 0.25) is 0 Å². The van der Waals surface area contributed by atoms with E-state index in [1.807, 2.05) is 0 Å². The van der Waals surface area contributed by atoms with Crippen molar-refractivity contribution in [1.82, 2.24) is 5.32 Å². The fraction of sp³-hybridized carbons (Fsp3) is 0.444. The summed E-state index contributed by atoms with van der Waals surface area (Å²) in [5.41, 5.74) is 0.350. The predicted octanol–water partition coefficient (Wildman–Crippen LogP) is 4.12. The molecule has 0 bridgehead atoms. The van der Waals surface area contributed by atoms with E-state index in [4.69, 9.17) is 0 Å². The highest BCUT2D eigenvalue weighted by Gasteiger charge is 2.36. The molecule has 1 aromatic carbocycles. The van der Waals surface area contributed by atoms with Gasteiger partial charge in [0.25, 0.3) is 0 Å². The van der Waals surface area contributed by atoms with Crippen LogP contribution in [-0.4, -0.2) is 28.9 Å². The van der Waals surface area contributed by atoms with Gasteiger partial charge in [-0.05, 0) is 30.9 Å². The van der Waals surface area contributed by atoms with Crippen LogP contribution in [0.3, 0.4) is 0 Å². The van der Waals surface area contributed by atoms with Gasteiger partial charge in [-0.3, -0.25) is 0 Å². The fourth-order valence-corrected chi connectivity index (χ4v) is 4.93. The van der Waals surface area contributed by atoms with Gasteiger partial charge in [0.15, 0.2) is 11.6 Å². The second-order valence-corrected chi connectivity index (χ2v) is 7.57. The highest BCUT2D eigenvalue weighted by Crippen LogP contribution is 2.43. The molecule has 3 N–H and O–H groups in total. The largest absolute Gasteiger partial charge is 0.478 e. The van der Waals surface area contributed by atoms with Crippen LogP contribution in [-0.2, 0) is 4.79 Å². The van der Waals surface area contributed by atoms with Crippen LogP contribution < -0.4 is 10.6 Å². The number of hydrogen-bond acceptors (Lipinski definition) is 3. The number of halogens is 2. The Morgan fingerprint density at radius 2 is 1.85 bits per heavy atom. The number of carbonyl (C=O) groups excluding carboxylic acids is 1. The summed E-state index contributed by atoms with van der Waals surface area (Å²) >= 11 is 1.49. The van der Waals surface area contributed by atoms with E-state index in [0.29, 0.717) is 5.75 Å². The molecule has 1 unspecified atom stereocenters. The lowest BCUT2D eigenvalue weighted by molar-refractivity contribution is -0.133. The summed E-state index contributed by atoms with van der Waals surface area (Å²) in [7, 11) is 0. The average Bonchev–Trinajstić information content (AvgIpc) is 3.02. The van der Waals surface area contributed by atoms with Crippen molar-refractivity contribution in [3.8, 4) is 0 Å². The van der Waals surface area contributed by atoms with E-state index in [1.54, 1.807) is 0 Å². The number of benzene rings is 1. The van der Waals surface area contributed by atoms with E-state index in [0.717, 1.165) is 42.7 Å². The van der Waals surface area contributed by atoms with Gasteiger partial charge in [-0.2, -0.15) is 0 Å². The predicted molar refractivity (Wildman–Crippen MR) is 96.0 cm³/mol. The Morgan fingerprint density at radius 3 is 2.50 bits per heavy atom. The van der Waals surface area contributed by atoms with E-state index >= 15 is 0 Å². The van der Waals surface area contributed by atoms with Crippen molar-refractivity contribution in [1.29, 1.82) is 0 Å². The number of aliphatic carboxylic acids is 1. The maximum Gasteiger partial charge on any atom is 0.334 e. The maximum atomic E-state index is 13.2. The Morgan fingerprint density at radius 1 is 1.12 bits per heavy atom. The van der Waals surface area contributed by atoms with E-state index in [-0.39, 0.29) is 17.2 Å². The first-order chi connectivity index (χ1) is 12.5. The normalized spacial score (nSPS) is 20.9. The van der Waals surface area contributed by atoms with Gasteiger partial charge in [0.05, 0.1) is 11.6 Å². The van der Waals surface area contributed by atoms with Crippen LogP contribution >= 0.6 is 11.8 Å². The van der Waals surface area contributed by atoms with Crippen molar-refractivity contribution in [2.24, 2.45) is 5.92 Å². The number of carboxylic acids is 1. The molecule has 1 aliphatic carbocycles. The van der Waals surface area contributed by atoms with Gasteiger partial charge >= 0.3 is 12.0 Å². The first-order valence-corrected chi connectivity index (χ1v) is 9.57. The van der Waals surface area contributed by atoms with Crippen molar-refractivity contribution >= 4 is 29.4 Å². The molecule has 0 saturated heterocycles. The summed E-state index contributed by atoms with van der Waals surface area (Å²) < 4.78 is 26.2. The molecule has 0 aromatic heterocycles. The Balaban J connectivity index is 1.69. The zero-order valence-electron chi connectivity index (χ0n) is 14.1. The molecule has 2 aliphatic rings. The number of carbonyl (C=O) groups is 2. The lowest BCUT2D eigenvalue weighted by Crippen LogP contribution is -2.41. The Kier molecular flexibility index (Phi) is 5.80. The fourth-order valence-electron chi connectivity index (χ4n) is 3.48. The molecule has 1 heterocycles. The second kappa shape index (κ2) is 8.07. The van der Waals surface area contributed by atoms with E-state index < -0.39 is 29.7 Å². The number of amides is 2. The van der Waals surface area contributed by atoms with Gasteiger partial charge in [-0.25, -0.2) is 18.4 Å². The Hall–Kier alpha value is -2.09. The Bertz CT molecular complexity index is 748. The minimum absolute atomic E-state index is 0.0976. The van der Waals surface area contributed by atoms with Crippen LogP contribution in [0.4, 0.5) is 19.3 Å². The van der Waals surface area contributed by atoms with E-state index in [2.05, 4.69) is 10.6 Å². The molecule has 1 fully saturated rings. The van der Waals surface area contributed by atoms with Crippen molar-refractivity contribution in [2.75, 3.05) is 11.1 Å². The van der Waals surface area contributed by atoms with E-state index in [1.165, 1.54) is 24.2 Å². The molecule has 1 aromatic rings. The monoisotopic (exact) mass is 382 g/mol. The van der Waals surface area contributed by atoms with Gasteiger partial charge in [-0.15, -0.1) is 11.8 Å².